The van der Waals surface area contributed by atoms with E-state index in [0.717, 1.165) is 4.47 Å². The second-order valence-corrected chi connectivity index (χ2v) is 4.53. The van der Waals surface area contributed by atoms with Gasteiger partial charge < -0.3 is 9.64 Å². The summed E-state index contributed by atoms with van der Waals surface area (Å²) in [6.07, 6.45) is -0.238. The Hall–Kier alpha value is -1.03. The van der Waals surface area contributed by atoms with Crippen LogP contribution in [0.2, 0.25) is 0 Å². The average Bonchev–Trinajstić information content (AvgIpc) is 2.23. The minimum absolute atomic E-state index is 0.238. The Morgan fingerprint density at radius 2 is 2.20 bits per heavy atom. The van der Waals surface area contributed by atoms with E-state index in [9.17, 15) is 4.79 Å². The van der Waals surface area contributed by atoms with Gasteiger partial charge in [-0.2, -0.15) is 0 Å². The Kier molecular flexibility index (Phi) is 2.95. The van der Waals surface area contributed by atoms with Crippen molar-refractivity contribution in [3.8, 4) is 0 Å². The lowest BCUT2D eigenvalue weighted by molar-refractivity contribution is 0.0717. The second kappa shape index (κ2) is 4.23. The van der Waals surface area contributed by atoms with Crippen LogP contribution in [0.4, 0.5) is 4.79 Å². The van der Waals surface area contributed by atoms with Crippen molar-refractivity contribution < 1.29 is 9.53 Å². The number of carbonyl (C=O) groups is 1. The van der Waals surface area contributed by atoms with Crippen LogP contribution >= 0.6 is 15.9 Å². The van der Waals surface area contributed by atoms with Crippen LogP contribution in [0.1, 0.15) is 11.5 Å². The largest absolute Gasteiger partial charge is 0.449 e. The summed E-state index contributed by atoms with van der Waals surface area (Å²) in [6.45, 7) is 1.17. The summed E-state index contributed by atoms with van der Waals surface area (Å²) >= 11 is 3.51. The third-order valence-electron chi connectivity index (χ3n) is 2.56. The highest BCUT2D eigenvalue weighted by Crippen LogP contribution is 2.27. The van der Waals surface area contributed by atoms with Crippen molar-refractivity contribution in [2.24, 2.45) is 0 Å². The summed E-state index contributed by atoms with van der Waals surface area (Å²) in [4.78, 5) is 12.8. The average molecular weight is 270 g/mol. The first-order valence-corrected chi connectivity index (χ1v) is 5.60. The number of halogens is 1. The fraction of sp³-hybridized carbons (Fsp3) is 0.364. The van der Waals surface area contributed by atoms with E-state index in [1.807, 2.05) is 18.2 Å². The van der Waals surface area contributed by atoms with E-state index in [2.05, 4.69) is 22.0 Å². The normalized spacial score (nSPS) is 21.3. The molecule has 15 heavy (non-hydrogen) atoms. The van der Waals surface area contributed by atoms with Crippen LogP contribution < -0.4 is 0 Å². The Morgan fingerprint density at radius 1 is 1.47 bits per heavy atom. The predicted molar refractivity (Wildman–Crippen MR) is 60.9 cm³/mol. The summed E-state index contributed by atoms with van der Waals surface area (Å²) in [7, 11) is 1.76. The molecule has 80 valence electrons. The molecule has 0 bridgehead atoms. The standard InChI is InChI=1S/C11H12BrNO2/c1-13-6-8(7-15-11(13)14)9-4-2-3-5-10(9)12/h2-5,8H,6-7H2,1H3. The maximum Gasteiger partial charge on any atom is 0.409 e. The van der Waals surface area contributed by atoms with Gasteiger partial charge in [0, 0.05) is 24.0 Å². The van der Waals surface area contributed by atoms with Crippen molar-refractivity contribution in [1.82, 2.24) is 4.90 Å². The molecule has 1 unspecified atom stereocenters. The van der Waals surface area contributed by atoms with Crippen LogP contribution in [0, 0.1) is 0 Å². The summed E-state index contributed by atoms with van der Waals surface area (Å²) < 4.78 is 6.15. The van der Waals surface area contributed by atoms with Gasteiger partial charge in [-0.05, 0) is 11.6 Å². The molecule has 4 heteroatoms. The van der Waals surface area contributed by atoms with E-state index in [0.29, 0.717) is 13.2 Å². The van der Waals surface area contributed by atoms with E-state index in [1.165, 1.54) is 5.56 Å². The Morgan fingerprint density at radius 3 is 2.87 bits per heavy atom. The molecule has 1 saturated heterocycles. The van der Waals surface area contributed by atoms with Crippen molar-refractivity contribution >= 4 is 22.0 Å². The lowest BCUT2D eigenvalue weighted by Gasteiger charge is -2.30. The third-order valence-corrected chi connectivity index (χ3v) is 3.28. The summed E-state index contributed by atoms with van der Waals surface area (Å²) in [5.74, 6) is 0.253. The number of likely N-dealkylation sites (N-methyl/N-ethyl adjacent to an activating group) is 1. The van der Waals surface area contributed by atoms with E-state index in [1.54, 1.807) is 11.9 Å². The van der Waals surface area contributed by atoms with Crippen LogP contribution in [0.3, 0.4) is 0 Å². The molecule has 1 heterocycles. The zero-order chi connectivity index (χ0) is 10.8. The van der Waals surface area contributed by atoms with Gasteiger partial charge in [0.25, 0.3) is 0 Å². The molecule has 0 aliphatic carbocycles. The van der Waals surface area contributed by atoms with Crippen LogP contribution in [0.15, 0.2) is 28.7 Å². The third kappa shape index (κ3) is 2.15. The Labute approximate surface area is 97.2 Å². The summed E-state index contributed by atoms with van der Waals surface area (Å²) in [5, 5.41) is 0. The number of benzene rings is 1. The topological polar surface area (TPSA) is 29.5 Å². The maximum atomic E-state index is 11.1. The molecule has 2 rings (SSSR count). The van der Waals surface area contributed by atoms with Crippen LogP contribution in [-0.4, -0.2) is 31.2 Å². The molecule has 1 amide bonds. The molecule has 1 aromatic rings. The Balaban J connectivity index is 2.19. The van der Waals surface area contributed by atoms with Gasteiger partial charge in [-0.1, -0.05) is 34.1 Å². The number of nitrogens with zero attached hydrogens (tertiary/aromatic N) is 1. The quantitative estimate of drug-likeness (QED) is 0.785. The Bertz CT molecular complexity index is 381. The molecule has 0 aromatic heterocycles. The lowest BCUT2D eigenvalue weighted by atomic mass is 9.99. The molecule has 0 radical (unpaired) electrons. The van der Waals surface area contributed by atoms with Gasteiger partial charge in [-0.3, -0.25) is 0 Å². The first kappa shape index (κ1) is 10.5. The maximum absolute atomic E-state index is 11.1. The number of rotatable bonds is 1. The van der Waals surface area contributed by atoms with Gasteiger partial charge in [0.05, 0.1) is 0 Å². The monoisotopic (exact) mass is 269 g/mol. The van der Waals surface area contributed by atoms with E-state index in [4.69, 9.17) is 4.74 Å². The molecule has 0 spiro atoms. The fourth-order valence-electron chi connectivity index (χ4n) is 1.73. The number of hydrogen-bond acceptors (Lipinski definition) is 2. The first-order chi connectivity index (χ1) is 7.18. The van der Waals surface area contributed by atoms with Gasteiger partial charge in [0.2, 0.25) is 0 Å². The van der Waals surface area contributed by atoms with E-state index in [-0.39, 0.29) is 12.0 Å². The molecule has 3 nitrogen and oxygen atoms in total. The van der Waals surface area contributed by atoms with Crippen molar-refractivity contribution in [2.45, 2.75) is 5.92 Å². The minimum atomic E-state index is -0.238. The van der Waals surface area contributed by atoms with Gasteiger partial charge in [0.15, 0.2) is 0 Å². The lowest BCUT2D eigenvalue weighted by Crippen LogP contribution is -2.39. The van der Waals surface area contributed by atoms with Crippen molar-refractivity contribution in [1.29, 1.82) is 0 Å². The number of amides is 1. The highest BCUT2D eigenvalue weighted by atomic mass is 79.9. The molecule has 0 saturated carbocycles. The molecule has 1 aliphatic heterocycles. The number of hydrogen-bond donors (Lipinski definition) is 0. The molecular weight excluding hydrogens is 258 g/mol. The minimum Gasteiger partial charge on any atom is -0.449 e. The fourth-order valence-corrected chi connectivity index (χ4v) is 2.34. The molecule has 0 N–H and O–H groups in total. The van der Waals surface area contributed by atoms with E-state index < -0.39 is 0 Å². The summed E-state index contributed by atoms with van der Waals surface area (Å²) in [5.41, 5.74) is 1.19. The number of cyclic esters (lactones) is 1. The molecule has 1 fully saturated rings. The van der Waals surface area contributed by atoms with Crippen molar-refractivity contribution in [2.75, 3.05) is 20.2 Å². The predicted octanol–water partition coefficient (Wildman–Crippen LogP) is 2.61. The van der Waals surface area contributed by atoms with Gasteiger partial charge in [-0.25, -0.2) is 4.79 Å². The van der Waals surface area contributed by atoms with Gasteiger partial charge in [-0.15, -0.1) is 0 Å². The van der Waals surface area contributed by atoms with Gasteiger partial charge >= 0.3 is 6.09 Å². The molecular formula is C11H12BrNO2. The zero-order valence-electron chi connectivity index (χ0n) is 8.44. The van der Waals surface area contributed by atoms with Crippen molar-refractivity contribution in [3.05, 3.63) is 34.3 Å². The smallest absolute Gasteiger partial charge is 0.409 e. The highest BCUT2D eigenvalue weighted by Gasteiger charge is 2.26. The van der Waals surface area contributed by atoms with Gasteiger partial charge in [0.1, 0.15) is 6.61 Å². The molecule has 1 aliphatic rings. The number of ether oxygens (including phenoxy) is 1. The molecule has 1 aromatic carbocycles. The van der Waals surface area contributed by atoms with Crippen LogP contribution in [-0.2, 0) is 4.74 Å². The van der Waals surface area contributed by atoms with E-state index >= 15 is 0 Å². The summed E-state index contributed by atoms with van der Waals surface area (Å²) in [6, 6.07) is 8.04. The first-order valence-electron chi connectivity index (χ1n) is 4.81. The van der Waals surface area contributed by atoms with Crippen LogP contribution in [0.25, 0.3) is 0 Å². The van der Waals surface area contributed by atoms with Crippen LogP contribution in [0.5, 0.6) is 0 Å². The zero-order valence-corrected chi connectivity index (χ0v) is 10.0. The second-order valence-electron chi connectivity index (χ2n) is 3.68. The molecule has 1 atom stereocenters. The highest BCUT2D eigenvalue weighted by molar-refractivity contribution is 9.10. The SMILES string of the molecule is CN1CC(c2ccccc2Br)COC1=O. The number of carbonyl (C=O) groups excluding carboxylic acids is 1. The van der Waals surface area contributed by atoms with Crippen molar-refractivity contribution in [3.63, 3.8) is 0 Å².